The number of benzene rings is 2. The Labute approximate surface area is 165 Å². The molecular weight excluding hydrogens is 410 g/mol. The molecule has 1 heterocycles. The van der Waals surface area contributed by atoms with Gasteiger partial charge in [0.05, 0.1) is 12.2 Å². The molecule has 0 aliphatic rings. The zero-order valence-corrected chi connectivity index (χ0v) is 16.2. The predicted octanol–water partition coefficient (Wildman–Crippen LogP) is 4.49. The third kappa shape index (κ3) is 4.73. The van der Waals surface area contributed by atoms with Crippen LogP contribution in [-0.4, -0.2) is 22.5 Å². The van der Waals surface area contributed by atoms with Crippen molar-refractivity contribution >= 4 is 50.6 Å². The lowest BCUT2D eigenvalue weighted by Crippen LogP contribution is -2.06. The van der Waals surface area contributed by atoms with Gasteiger partial charge in [-0.05, 0) is 49.4 Å². The Hall–Kier alpha value is -3.13. The molecule has 0 saturated heterocycles. The van der Waals surface area contributed by atoms with Gasteiger partial charge in [-0.2, -0.15) is 0 Å². The fourth-order valence-corrected chi connectivity index (χ4v) is 2.74. The van der Waals surface area contributed by atoms with Crippen LogP contribution in [0.4, 0.5) is 28.7 Å². The lowest BCUT2D eigenvalue weighted by Gasteiger charge is -2.13. The van der Waals surface area contributed by atoms with Gasteiger partial charge >= 0.3 is 5.97 Å². The summed E-state index contributed by atoms with van der Waals surface area (Å²) < 4.78 is 5.92. The number of anilines is 5. The highest BCUT2D eigenvalue weighted by Gasteiger charge is 2.10. The highest BCUT2D eigenvalue weighted by atomic mass is 79.9. The molecule has 0 bridgehead atoms. The van der Waals surface area contributed by atoms with Gasteiger partial charge in [0.15, 0.2) is 11.6 Å². The Morgan fingerprint density at radius 2 is 1.74 bits per heavy atom. The van der Waals surface area contributed by atoms with E-state index in [-0.39, 0.29) is 5.97 Å². The van der Waals surface area contributed by atoms with Crippen molar-refractivity contribution in [1.29, 1.82) is 0 Å². The first-order valence-corrected chi connectivity index (χ1v) is 9.03. The summed E-state index contributed by atoms with van der Waals surface area (Å²) in [6.07, 6.45) is 1.42. The van der Waals surface area contributed by atoms with E-state index in [1.165, 1.54) is 6.33 Å². The van der Waals surface area contributed by atoms with E-state index in [1.54, 1.807) is 31.2 Å². The maximum atomic E-state index is 11.7. The molecule has 7 nitrogen and oxygen atoms in total. The van der Waals surface area contributed by atoms with Crippen LogP contribution in [0.2, 0.25) is 0 Å². The number of nitrogen functional groups attached to an aromatic ring is 1. The summed E-state index contributed by atoms with van der Waals surface area (Å²) in [5.41, 5.74) is 8.65. The summed E-state index contributed by atoms with van der Waals surface area (Å²) in [5.74, 6) is 0.603. The Morgan fingerprint density at radius 1 is 1.07 bits per heavy atom. The van der Waals surface area contributed by atoms with E-state index in [0.717, 1.165) is 15.8 Å². The number of aromatic nitrogens is 2. The SMILES string of the molecule is CCOC(=O)c1ccc(Nc2ncnc(Nc3cccc(Br)c3)c2N)cc1. The van der Waals surface area contributed by atoms with Crippen molar-refractivity contribution in [3.8, 4) is 0 Å². The number of carbonyl (C=O) groups excluding carboxylic acids is 1. The second kappa shape index (κ2) is 8.50. The molecule has 0 saturated carbocycles. The predicted molar refractivity (Wildman–Crippen MR) is 110 cm³/mol. The molecule has 1 aromatic heterocycles. The summed E-state index contributed by atoms with van der Waals surface area (Å²) in [4.78, 5) is 20.1. The zero-order chi connectivity index (χ0) is 19.2. The minimum atomic E-state index is -0.355. The van der Waals surface area contributed by atoms with Gasteiger partial charge in [-0.1, -0.05) is 22.0 Å². The number of nitrogens with two attached hydrogens (primary N) is 1. The number of hydrogen-bond donors (Lipinski definition) is 3. The first-order chi connectivity index (χ1) is 13.1. The molecular formula is C19H18BrN5O2. The van der Waals surface area contributed by atoms with Gasteiger partial charge in [0, 0.05) is 15.8 Å². The van der Waals surface area contributed by atoms with E-state index in [9.17, 15) is 4.79 Å². The Kier molecular flexibility index (Phi) is 5.87. The van der Waals surface area contributed by atoms with Crippen LogP contribution < -0.4 is 16.4 Å². The largest absolute Gasteiger partial charge is 0.462 e. The van der Waals surface area contributed by atoms with Crippen LogP contribution >= 0.6 is 15.9 Å². The second-order valence-electron chi connectivity index (χ2n) is 5.54. The van der Waals surface area contributed by atoms with Crippen LogP contribution in [0.1, 0.15) is 17.3 Å². The van der Waals surface area contributed by atoms with Crippen molar-refractivity contribution < 1.29 is 9.53 Å². The fraction of sp³-hybridized carbons (Fsp3) is 0.105. The fourth-order valence-electron chi connectivity index (χ4n) is 2.34. The standard InChI is InChI=1S/C19H18BrN5O2/c1-2-27-19(26)12-6-8-14(9-7-12)24-17-16(21)18(23-11-22-17)25-15-5-3-4-13(20)10-15/h3-11H,2,21H2,1H3,(H2,22,23,24,25). The van der Waals surface area contributed by atoms with Crippen molar-refractivity contribution in [2.24, 2.45) is 0 Å². The van der Waals surface area contributed by atoms with Crippen molar-refractivity contribution in [3.63, 3.8) is 0 Å². The smallest absolute Gasteiger partial charge is 0.338 e. The molecule has 0 fully saturated rings. The van der Waals surface area contributed by atoms with E-state index in [1.807, 2.05) is 24.3 Å². The number of rotatable bonds is 6. The number of esters is 1. The quantitative estimate of drug-likeness (QED) is 0.498. The van der Waals surface area contributed by atoms with Crippen LogP contribution in [0.5, 0.6) is 0 Å². The van der Waals surface area contributed by atoms with Crippen molar-refractivity contribution in [3.05, 3.63) is 64.9 Å². The molecule has 3 rings (SSSR count). The minimum Gasteiger partial charge on any atom is -0.462 e. The summed E-state index contributed by atoms with van der Waals surface area (Å²) >= 11 is 3.43. The Bertz CT molecular complexity index is 947. The Morgan fingerprint density at radius 3 is 2.37 bits per heavy atom. The van der Waals surface area contributed by atoms with Gasteiger partial charge in [0.2, 0.25) is 0 Å². The number of nitrogens with one attached hydrogen (secondary N) is 2. The first-order valence-electron chi connectivity index (χ1n) is 8.24. The summed E-state index contributed by atoms with van der Waals surface area (Å²) in [5, 5.41) is 6.30. The monoisotopic (exact) mass is 427 g/mol. The number of carbonyl (C=O) groups is 1. The molecule has 0 unspecified atom stereocenters. The molecule has 0 spiro atoms. The van der Waals surface area contributed by atoms with Crippen LogP contribution in [0.25, 0.3) is 0 Å². The van der Waals surface area contributed by atoms with Crippen molar-refractivity contribution in [1.82, 2.24) is 9.97 Å². The summed E-state index contributed by atoms with van der Waals surface area (Å²) in [6, 6.07) is 14.5. The number of nitrogens with zero attached hydrogens (tertiary/aromatic N) is 2. The van der Waals surface area contributed by atoms with Gasteiger partial charge in [-0.15, -0.1) is 0 Å². The molecule has 138 valence electrons. The van der Waals surface area contributed by atoms with Gasteiger partial charge in [0.1, 0.15) is 12.0 Å². The molecule has 4 N–H and O–H groups in total. The minimum absolute atomic E-state index is 0.337. The zero-order valence-electron chi connectivity index (χ0n) is 14.6. The van der Waals surface area contributed by atoms with Crippen LogP contribution in [0, 0.1) is 0 Å². The average molecular weight is 428 g/mol. The van der Waals surface area contributed by atoms with E-state index in [2.05, 4.69) is 36.5 Å². The van der Waals surface area contributed by atoms with Crippen molar-refractivity contribution in [2.45, 2.75) is 6.92 Å². The molecule has 2 aromatic carbocycles. The van der Waals surface area contributed by atoms with Crippen LogP contribution in [-0.2, 0) is 4.74 Å². The number of ether oxygens (including phenoxy) is 1. The molecule has 0 aliphatic carbocycles. The van der Waals surface area contributed by atoms with E-state index in [0.29, 0.717) is 29.5 Å². The van der Waals surface area contributed by atoms with Crippen molar-refractivity contribution in [2.75, 3.05) is 23.0 Å². The number of hydrogen-bond acceptors (Lipinski definition) is 7. The third-order valence-corrected chi connectivity index (χ3v) is 4.12. The molecule has 8 heteroatoms. The third-order valence-electron chi connectivity index (χ3n) is 3.63. The van der Waals surface area contributed by atoms with E-state index < -0.39 is 0 Å². The molecule has 0 radical (unpaired) electrons. The van der Waals surface area contributed by atoms with Gasteiger partial charge in [0.25, 0.3) is 0 Å². The van der Waals surface area contributed by atoms with Crippen LogP contribution in [0.15, 0.2) is 59.3 Å². The molecule has 0 aliphatic heterocycles. The average Bonchev–Trinajstić information content (AvgIpc) is 2.66. The second-order valence-corrected chi connectivity index (χ2v) is 6.46. The topological polar surface area (TPSA) is 102 Å². The molecule has 0 atom stereocenters. The summed E-state index contributed by atoms with van der Waals surface area (Å²) in [6.45, 7) is 2.11. The van der Waals surface area contributed by atoms with E-state index in [4.69, 9.17) is 10.5 Å². The molecule has 3 aromatic rings. The molecule has 27 heavy (non-hydrogen) atoms. The number of halogens is 1. The Balaban J connectivity index is 1.76. The van der Waals surface area contributed by atoms with Gasteiger partial charge in [-0.3, -0.25) is 0 Å². The highest BCUT2D eigenvalue weighted by Crippen LogP contribution is 2.29. The van der Waals surface area contributed by atoms with Crippen LogP contribution in [0.3, 0.4) is 0 Å². The maximum absolute atomic E-state index is 11.7. The molecule has 0 amide bonds. The van der Waals surface area contributed by atoms with Gasteiger partial charge < -0.3 is 21.1 Å². The lowest BCUT2D eigenvalue weighted by atomic mass is 10.2. The maximum Gasteiger partial charge on any atom is 0.338 e. The lowest BCUT2D eigenvalue weighted by molar-refractivity contribution is 0.0526. The van der Waals surface area contributed by atoms with Gasteiger partial charge in [-0.25, -0.2) is 14.8 Å². The first kappa shape index (κ1) is 18.7. The van der Waals surface area contributed by atoms with E-state index >= 15 is 0 Å². The highest BCUT2D eigenvalue weighted by molar-refractivity contribution is 9.10. The normalized spacial score (nSPS) is 10.3. The summed E-state index contributed by atoms with van der Waals surface area (Å²) in [7, 11) is 0.